The Morgan fingerprint density at radius 1 is 1.25 bits per heavy atom. The molecular formula is C16H23N5O2S. The molecule has 0 aliphatic carbocycles. The van der Waals surface area contributed by atoms with E-state index in [0.717, 1.165) is 5.69 Å². The summed E-state index contributed by atoms with van der Waals surface area (Å²) in [4.78, 5) is 6.53. The number of para-hydroxylation sites is 1. The molecule has 1 fully saturated rings. The zero-order valence-corrected chi connectivity index (χ0v) is 14.9. The van der Waals surface area contributed by atoms with E-state index in [4.69, 9.17) is 5.73 Å². The van der Waals surface area contributed by atoms with Crippen molar-refractivity contribution in [2.24, 2.45) is 12.8 Å². The second kappa shape index (κ2) is 6.19. The molecule has 0 spiro atoms. The number of rotatable bonds is 4. The maximum absolute atomic E-state index is 12.6. The Kier molecular flexibility index (Phi) is 4.37. The van der Waals surface area contributed by atoms with E-state index in [1.807, 2.05) is 29.9 Å². The summed E-state index contributed by atoms with van der Waals surface area (Å²) in [5.41, 5.74) is 8.11. The molecule has 2 aromatic rings. The summed E-state index contributed by atoms with van der Waals surface area (Å²) < 4.78 is 28.4. The lowest BCUT2D eigenvalue weighted by Gasteiger charge is -2.23. The Morgan fingerprint density at radius 3 is 2.58 bits per heavy atom. The molecule has 3 rings (SSSR count). The quantitative estimate of drug-likeness (QED) is 0.874. The van der Waals surface area contributed by atoms with Crippen molar-refractivity contribution in [1.82, 2.24) is 13.9 Å². The van der Waals surface area contributed by atoms with E-state index in [1.54, 1.807) is 32.6 Å². The van der Waals surface area contributed by atoms with Gasteiger partial charge in [0, 0.05) is 58.1 Å². The second-order valence-corrected chi connectivity index (χ2v) is 8.48. The fourth-order valence-electron chi connectivity index (χ4n) is 3.20. The van der Waals surface area contributed by atoms with Crippen LogP contribution in [-0.4, -0.2) is 55.5 Å². The van der Waals surface area contributed by atoms with Crippen LogP contribution in [0.1, 0.15) is 11.6 Å². The first kappa shape index (κ1) is 16.9. The van der Waals surface area contributed by atoms with Crippen LogP contribution in [0.4, 0.5) is 5.69 Å². The minimum absolute atomic E-state index is 0.0736. The van der Waals surface area contributed by atoms with Crippen molar-refractivity contribution >= 4 is 15.7 Å². The summed E-state index contributed by atoms with van der Waals surface area (Å²) in [7, 11) is 1.52. The lowest BCUT2D eigenvalue weighted by Crippen LogP contribution is -2.30. The maximum Gasteiger partial charge on any atom is 0.244 e. The highest BCUT2D eigenvalue weighted by Crippen LogP contribution is 2.34. The Balaban J connectivity index is 1.96. The summed E-state index contributed by atoms with van der Waals surface area (Å²) in [6.07, 6.45) is 3.59. The summed E-state index contributed by atoms with van der Waals surface area (Å²) >= 11 is 0. The van der Waals surface area contributed by atoms with E-state index in [2.05, 4.69) is 9.88 Å². The number of hydrogen-bond acceptors (Lipinski definition) is 5. The Labute approximate surface area is 142 Å². The summed E-state index contributed by atoms with van der Waals surface area (Å²) in [5, 5.41) is 0. The van der Waals surface area contributed by atoms with Crippen molar-refractivity contribution in [1.29, 1.82) is 0 Å². The number of aromatic nitrogens is 2. The first-order valence-corrected chi connectivity index (χ1v) is 9.24. The van der Waals surface area contributed by atoms with Crippen molar-refractivity contribution in [2.75, 3.05) is 32.1 Å². The number of hydrogen-bond donors (Lipinski definition) is 1. The smallest absolute Gasteiger partial charge is 0.244 e. The molecule has 0 saturated carbocycles. The van der Waals surface area contributed by atoms with Gasteiger partial charge < -0.3 is 15.2 Å². The van der Waals surface area contributed by atoms with Crippen LogP contribution in [-0.2, 0) is 17.1 Å². The molecule has 0 bridgehead atoms. The molecule has 1 aliphatic heterocycles. The van der Waals surface area contributed by atoms with E-state index >= 15 is 0 Å². The van der Waals surface area contributed by atoms with Gasteiger partial charge in [0.1, 0.15) is 4.90 Å². The van der Waals surface area contributed by atoms with Crippen LogP contribution in [0, 0.1) is 0 Å². The Hall–Kier alpha value is -1.90. The number of benzene rings is 1. The largest absolute Gasteiger partial charge is 0.368 e. The third-order valence-electron chi connectivity index (χ3n) is 4.56. The lowest BCUT2D eigenvalue weighted by atomic mass is 10.0. The first-order valence-electron chi connectivity index (χ1n) is 7.80. The van der Waals surface area contributed by atoms with Crippen LogP contribution in [0.2, 0.25) is 0 Å². The summed E-state index contributed by atoms with van der Waals surface area (Å²) in [6, 6.07) is 7.01. The topological polar surface area (TPSA) is 84.5 Å². The monoisotopic (exact) mass is 349 g/mol. The molecule has 130 valence electrons. The van der Waals surface area contributed by atoms with Crippen molar-refractivity contribution in [3.8, 4) is 0 Å². The molecule has 7 nitrogen and oxygen atoms in total. The van der Waals surface area contributed by atoms with Gasteiger partial charge in [0.05, 0.1) is 12.0 Å². The minimum Gasteiger partial charge on any atom is -0.368 e. The van der Waals surface area contributed by atoms with Crippen LogP contribution in [0.25, 0.3) is 0 Å². The molecular weight excluding hydrogens is 326 g/mol. The lowest BCUT2D eigenvalue weighted by molar-refractivity contribution is 0.520. The Bertz CT molecular complexity index is 830. The molecule has 1 aromatic carbocycles. The highest BCUT2D eigenvalue weighted by atomic mass is 32.2. The fraction of sp³-hybridized carbons (Fsp3) is 0.438. The number of nitrogens with two attached hydrogens (primary N) is 1. The van der Waals surface area contributed by atoms with E-state index in [1.165, 1.54) is 4.31 Å². The van der Waals surface area contributed by atoms with Gasteiger partial charge in [-0.1, -0.05) is 12.1 Å². The fourth-order valence-corrected chi connectivity index (χ4v) is 4.30. The molecule has 1 saturated heterocycles. The standard InChI is InChI=1S/C16H23N5O2S/c1-19(2)24(22,23)16-7-5-4-6-14(16)21-9-12(13(17)10-21)15-8-18-11-20(15)3/h4-8,11-13H,9-10,17H2,1-3H3/t12-,13-/m1/s1. The van der Waals surface area contributed by atoms with E-state index in [9.17, 15) is 8.42 Å². The van der Waals surface area contributed by atoms with Gasteiger partial charge in [-0.2, -0.15) is 0 Å². The molecule has 2 N–H and O–H groups in total. The molecule has 2 atom stereocenters. The minimum atomic E-state index is -3.51. The number of sulfonamides is 1. The Morgan fingerprint density at radius 2 is 1.96 bits per heavy atom. The van der Waals surface area contributed by atoms with Crippen molar-refractivity contribution < 1.29 is 8.42 Å². The van der Waals surface area contributed by atoms with Gasteiger partial charge in [0.15, 0.2) is 0 Å². The summed E-state index contributed by atoms with van der Waals surface area (Å²) in [5.74, 6) is 0.118. The SMILES string of the molecule is CN(C)S(=O)(=O)c1ccccc1N1C[C@@H](N)[C@H](c2cncn2C)C1. The zero-order valence-electron chi connectivity index (χ0n) is 14.1. The zero-order chi connectivity index (χ0) is 17.5. The van der Waals surface area contributed by atoms with E-state index in [-0.39, 0.29) is 12.0 Å². The average Bonchev–Trinajstić information content (AvgIpc) is 3.12. The molecule has 0 amide bonds. The van der Waals surface area contributed by atoms with Crippen molar-refractivity contribution in [2.45, 2.75) is 16.9 Å². The van der Waals surface area contributed by atoms with Crippen molar-refractivity contribution in [3.63, 3.8) is 0 Å². The average molecular weight is 349 g/mol. The van der Waals surface area contributed by atoms with Gasteiger partial charge >= 0.3 is 0 Å². The van der Waals surface area contributed by atoms with Gasteiger partial charge in [0.25, 0.3) is 0 Å². The number of imidazole rings is 1. The molecule has 0 unspecified atom stereocenters. The van der Waals surface area contributed by atoms with Gasteiger partial charge in [-0.3, -0.25) is 0 Å². The number of aryl methyl sites for hydroxylation is 1. The third-order valence-corrected chi connectivity index (χ3v) is 6.43. The predicted molar refractivity (Wildman–Crippen MR) is 93.5 cm³/mol. The van der Waals surface area contributed by atoms with Crippen LogP contribution < -0.4 is 10.6 Å². The summed E-state index contributed by atoms with van der Waals surface area (Å²) in [6.45, 7) is 1.27. The van der Waals surface area contributed by atoms with Gasteiger partial charge in [-0.25, -0.2) is 17.7 Å². The van der Waals surface area contributed by atoms with E-state index < -0.39 is 10.0 Å². The van der Waals surface area contributed by atoms with Crippen molar-refractivity contribution in [3.05, 3.63) is 42.5 Å². The molecule has 0 radical (unpaired) electrons. The number of nitrogens with zero attached hydrogens (tertiary/aromatic N) is 4. The molecule has 24 heavy (non-hydrogen) atoms. The maximum atomic E-state index is 12.6. The predicted octanol–water partition coefficient (Wildman–Crippen LogP) is 0.602. The molecule has 1 aliphatic rings. The normalized spacial score (nSPS) is 21.6. The third kappa shape index (κ3) is 2.81. The van der Waals surface area contributed by atoms with Crippen LogP contribution in [0.15, 0.2) is 41.7 Å². The van der Waals surface area contributed by atoms with Gasteiger partial charge in [-0.05, 0) is 12.1 Å². The second-order valence-electron chi connectivity index (χ2n) is 6.36. The van der Waals surface area contributed by atoms with Gasteiger partial charge in [0.2, 0.25) is 10.0 Å². The van der Waals surface area contributed by atoms with Crippen LogP contribution in [0.3, 0.4) is 0 Å². The first-order chi connectivity index (χ1) is 11.3. The van der Waals surface area contributed by atoms with Crippen LogP contribution in [0.5, 0.6) is 0 Å². The van der Waals surface area contributed by atoms with Gasteiger partial charge in [-0.15, -0.1) is 0 Å². The molecule has 2 heterocycles. The molecule has 8 heteroatoms. The number of anilines is 1. The highest BCUT2D eigenvalue weighted by molar-refractivity contribution is 7.89. The van der Waals surface area contributed by atoms with Crippen LogP contribution >= 0.6 is 0 Å². The highest BCUT2D eigenvalue weighted by Gasteiger charge is 2.35. The van der Waals surface area contributed by atoms with E-state index in [0.29, 0.717) is 23.7 Å². The molecule has 1 aromatic heterocycles.